The Morgan fingerprint density at radius 2 is 2.04 bits per heavy atom. The lowest BCUT2D eigenvalue weighted by atomic mass is 10.1. The lowest BCUT2D eigenvalue weighted by Crippen LogP contribution is -2.44. The summed E-state index contributed by atoms with van der Waals surface area (Å²) in [6.07, 6.45) is 1.80. The van der Waals surface area contributed by atoms with Crippen LogP contribution in [0.15, 0.2) is 36.5 Å². The molecule has 2 aromatic rings. The number of hydrogen-bond acceptors (Lipinski definition) is 7. The topological polar surface area (TPSA) is 68.7 Å². The van der Waals surface area contributed by atoms with Gasteiger partial charge in [-0.25, -0.2) is 0 Å². The summed E-state index contributed by atoms with van der Waals surface area (Å²) < 4.78 is 17.1. The van der Waals surface area contributed by atoms with Crippen LogP contribution in [0.3, 0.4) is 0 Å². The lowest BCUT2D eigenvalue weighted by molar-refractivity contribution is -0.0241. The molecule has 1 aromatic carbocycles. The number of fused-ring (bicyclic) bond motifs is 1. The largest absolute Gasteiger partial charge is 0.486 e. The van der Waals surface area contributed by atoms with Gasteiger partial charge in [-0.15, -0.1) is 5.10 Å². The van der Waals surface area contributed by atoms with E-state index < -0.39 is 0 Å². The van der Waals surface area contributed by atoms with Crippen molar-refractivity contribution in [2.75, 3.05) is 44.8 Å². The smallest absolute Gasteiger partial charge is 0.161 e. The van der Waals surface area contributed by atoms with E-state index in [9.17, 15) is 0 Å². The summed E-state index contributed by atoms with van der Waals surface area (Å²) in [4.78, 5) is 2.40. The van der Waals surface area contributed by atoms with Crippen molar-refractivity contribution in [2.45, 2.75) is 12.6 Å². The zero-order valence-electron chi connectivity index (χ0n) is 14.1. The summed E-state index contributed by atoms with van der Waals surface area (Å²) in [5.41, 5.74) is 1.23. The molecule has 7 nitrogen and oxygen atoms in total. The molecule has 0 spiro atoms. The van der Waals surface area contributed by atoms with Gasteiger partial charge in [-0.2, -0.15) is 5.10 Å². The molecule has 0 unspecified atom stereocenters. The third-order valence-corrected chi connectivity index (χ3v) is 4.32. The quantitative estimate of drug-likeness (QED) is 0.884. The Labute approximate surface area is 146 Å². The van der Waals surface area contributed by atoms with Crippen LogP contribution in [0.5, 0.6) is 11.5 Å². The number of morpholine rings is 1. The number of ether oxygens (including phenoxy) is 3. The van der Waals surface area contributed by atoms with Gasteiger partial charge in [-0.05, 0) is 29.8 Å². The van der Waals surface area contributed by atoms with Gasteiger partial charge in [0.15, 0.2) is 11.5 Å². The third kappa shape index (κ3) is 4.18. The molecule has 132 valence electrons. The van der Waals surface area contributed by atoms with Gasteiger partial charge in [-0.1, -0.05) is 6.07 Å². The molecule has 1 saturated heterocycles. The molecule has 0 radical (unpaired) electrons. The minimum Gasteiger partial charge on any atom is -0.486 e. The summed E-state index contributed by atoms with van der Waals surface area (Å²) in [5, 5.41) is 11.2. The van der Waals surface area contributed by atoms with E-state index in [1.54, 1.807) is 6.20 Å². The molecule has 4 rings (SSSR count). The SMILES string of the molecule is c1cnnc(NC[C@H]2CN(Cc3ccc4c(c3)OCCO4)CCO2)c1. The molecule has 1 N–H and O–H groups in total. The molecule has 0 aliphatic carbocycles. The fourth-order valence-corrected chi connectivity index (χ4v) is 3.11. The summed E-state index contributed by atoms with van der Waals surface area (Å²) in [6.45, 7) is 5.37. The Morgan fingerprint density at radius 1 is 1.12 bits per heavy atom. The second kappa shape index (κ2) is 7.67. The van der Waals surface area contributed by atoms with E-state index in [4.69, 9.17) is 14.2 Å². The molecule has 7 heteroatoms. The van der Waals surface area contributed by atoms with E-state index in [2.05, 4.69) is 32.5 Å². The van der Waals surface area contributed by atoms with E-state index in [1.165, 1.54) is 5.56 Å². The fraction of sp³-hybridized carbons (Fsp3) is 0.444. The van der Waals surface area contributed by atoms with Gasteiger partial charge in [0.2, 0.25) is 0 Å². The molecule has 0 bridgehead atoms. The molecule has 2 aliphatic heterocycles. The zero-order valence-corrected chi connectivity index (χ0v) is 14.1. The second-order valence-corrected chi connectivity index (χ2v) is 6.20. The normalized spacial score (nSPS) is 20.2. The third-order valence-electron chi connectivity index (χ3n) is 4.32. The van der Waals surface area contributed by atoms with Gasteiger partial charge < -0.3 is 19.5 Å². The minimum atomic E-state index is 0.132. The van der Waals surface area contributed by atoms with Gasteiger partial charge in [0.25, 0.3) is 0 Å². The highest BCUT2D eigenvalue weighted by atomic mass is 16.6. The molecular weight excluding hydrogens is 320 g/mol. The molecule has 2 aliphatic rings. The Balaban J connectivity index is 1.32. The first-order valence-corrected chi connectivity index (χ1v) is 8.61. The molecule has 0 saturated carbocycles. The average molecular weight is 342 g/mol. The van der Waals surface area contributed by atoms with E-state index in [-0.39, 0.29) is 6.10 Å². The van der Waals surface area contributed by atoms with Gasteiger partial charge in [-0.3, -0.25) is 4.90 Å². The summed E-state index contributed by atoms with van der Waals surface area (Å²) in [5.74, 6) is 2.45. The van der Waals surface area contributed by atoms with Crippen molar-refractivity contribution in [3.05, 3.63) is 42.1 Å². The van der Waals surface area contributed by atoms with Gasteiger partial charge in [0.1, 0.15) is 19.0 Å². The molecule has 0 amide bonds. The van der Waals surface area contributed by atoms with Crippen LogP contribution in [0.1, 0.15) is 5.56 Å². The number of nitrogens with one attached hydrogen (secondary N) is 1. The number of benzene rings is 1. The van der Waals surface area contributed by atoms with Crippen molar-refractivity contribution in [3.8, 4) is 11.5 Å². The van der Waals surface area contributed by atoms with Crippen LogP contribution >= 0.6 is 0 Å². The zero-order chi connectivity index (χ0) is 16.9. The van der Waals surface area contributed by atoms with Gasteiger partial charge >= 0.3 is 0 Å². The van der Waals surface area contributed by atoms with Crippen molar-refractivity contribution in [1.82, 2.24) is 15.1 Å². The van der Waals surface area contributed by atoms with Crippen molar-refractivity contribution in [3.63, 3.8) is 0 Å². The van der Waals surface area contributed by atoms with E-state index in [1.807, 2.05) is 18.2 Å². The van der Waals surface area contributed by atoms with Crippen LogP contribution in [0.4, 0.5) is 5.82 Å². The first-order valence-electron chi connectivity index (χ1n) is 8.61. The highest BCUT2D eigenvalue weighted by Gasteiger charge is 2.21. The predicted octanol–water partition coefficient (Wildman–Crippen LogP) is 1.56. The monoisotopic (exact) mass is 342 g/mol. The summed E-state index contributed by atoms with van der Waals surface area (Å²) in [7, 11) is 0. The van der Waals surface area contributed by atoms with Gasteiger partial charge in [0, 0.05) is 32.4 Å². The Bertz CT molecular complexity index is 698. The molecule has 3 heterocycles. The summed E-state index contributed by atoms with van der Waals surface area (Å²) in [6, 6.07) is 9.96. The first-order chi connectivity index (χ1) is 12.4. The van der Waals surface area contributed by atoms with Gasteiger partial charge in [0.05, 0.1) is 12.7 Å². The van der Waals surface area contributed by atoms with Crippen molar-refractivity contribution < 1.29 is 14.2 Å². The highest BCUT2D eigenvalue weighted by Crippen LogP contribution is 2.31. The minimum absolute atomic E-state index is 0.132. The van der Waals surface area contributed by atoms with Crippen LogP contribution in [0, 0.1) is 0 Å². The Kier molecular flexibility index (Phi) is 4.94. The molecule has 1 atom stereocenters. The molecule has 25 heavy (non-hydrogen) atoms. The number of hydrogen-bond donors (Lipinski definition) is 1. The van der Waals surface area contributed by atoms with Crippen LogP contribution in [-0.4, -0.2) is 60.7 Å². The second-order valence-electron chi connectivity index (χ2n) is 6.20. The maximum absolute atomic E-state index is 5.86. The lowest BCUT2D eigenvalue weighted by Gasteiger charge is -2.33. The van der Waals surface area contributed by atoms with Crippen molar-refractivity contribution in [1.29, 1.82) is 0 Å². The van der Waals surface area contributed by atoms with Crippen LogP contribution in [0.2, 0.25) is 0 Å². The van der Waals surface area contributed by atoms with Crippen molar-refractivity contribution in [2.24, 2.45) is 0 Å². The fourth-order valence-electron chi connectivity index (χ4n) is 3.11. The Hall–Kier alpha value is -2.38. The highest BCUT2D eigenvalue weighted by molar-refractivity contribution is 5.43. The number of nitrogens with zero attached hydrogens (tertiary/aromatic N) is 3. The maximum atomic E-state index is 5.86. The maximum Gasteiger partial charge on any atom is 0.161 e. The van der Waals surface area contributed by atoms with Crippen molar-refractivity contribution >= 4 is 5.82 Å². The molecular formula is C18H22N4O3. The van der Waals surface area contributed by atoms with E-state index >= 15 is 0 Å². The number of rotatable bonds is 5. The number of aromatic nitrogens is 2. The first kappa shape index (κ1) is 16.1. The van der Waals surface area contributed by atoms with Crippen LogP contribution in [-0.2, 0) is 11.3 Å². The standard InChI is InChI=1S/C18H22N4O3/c1-2-18(21-20-5-1)19-11-15-13-22(6-7-23-15)12-14-3-4-16-17(10-14)25-9-8-24-16/h1-5,10,15H,6-9,11-13H2,(H,19,21)/t15-/m0/s1. The van der Waals surface area contributed by atoms with E-state index in [0.29, 0.717) is 13.2 Å². The molecule has 1 aromatic heterocycles. The average Bonchev–Trinajstić information content (AvgIpc) is 2.67. The Morgan fingerprint density at radius 3 is 2.92 bits per heavy atom. The number of anilines is 1. The van der Waals surface area contributed by atoms with E-state index in [0.717, 1.165) is 50.1 Å². The molecule has 1 fully saturated rings. The summed E-state index contributed by atoms with van der Waals surface area (Å²) >= 11 is 0. The van der Waals surface area contributed by atoms with Crippen LogP contribution in [0.25, 0.3) is 0 Å². The van der Waals surface area contributed by atoms with Crippen LogP contribution < -0.4 is 14.8 Å². The predicted molar refractivity (Wildman–Crippen MR) is 93.0 cm³/mol.